The highest BCUT2D eigenvalue weighted by molar-refractivity contribution is 7.74. The molecule has 0 aliphatic rings. The number of non-ortho nitro benzene ring substituents is 1. The van der Waals surface area contributed by atoms with E-state index in [0.29, 0.717) is 5.56 Å². The minimum absolute atomic E-state index is 0.0345. The number of nitro groups is 1. The standard InChI is InChI=1S/C9H9NO6S/c11-9(16-17(14)15)6-3-7-1-4-8(5-2-7)10(12)13/h1-2,4-5H,3,6H2,(H,14,15). The van der Waals surface area contributed by atoms with E-state index in [0.717, 1.165) is 0 Å². The van der Waals surface area contributed by atoms with E-state index < -0.39 is 22.3 Å². The summed E-state index contributed by atoms with van der Waals surface area (Å²) < 4.78 is 22.4. The van der Waals surface area contributed by atoms with Crippen LogP contribution in [-0.2, 0) is 26.8 Å². The highest BCUT2D eigenvalue weighted by Crippen LogP contribution is 2.13. The van der Waals surface area contributed by atoms with Gasteiger partial charge in [-0.25, -0.2) is 0 Å². The van der Waals surface area contributed by atoms with Crippen molar-refractivity contribution >= 4 is 23.0 Å². The lowest BCUT2D eigenvalue weighted by molar-refractivity contribution is -0.384. The number of hydrogen-bond acceptors (Lipinski definition) is 5. The molecule has 0 spiro atoms. The highest BCUT2D eigenvalue weighted by Gasteiger charge is 2.08. The molecule has 7 nitrogen and oxygen atoms in total. The van der Waals surface area contributed by atoms with Gasteiger partial charge < -0.3 is 4.18 Å². The Bertz CT molecular complexity index is 443. The Labute approximate surface area is 99.0 Å². The maximum atomic E-state index is 10.9. The summed E-state index contributed by atoms with van der Waals surface area (Å²) >= 11 is -2.60. The molecule has 17 heavy (non-hydrogen) atoms. The number of carbonyl (C=O) groups is 1. The number of rotatable bonds is 5. The van der Waals surface area contributed by atoms with E-state index >= 15 is 0 Å². The van der Waals surface area contributed by atoms with Gasteiger partial charge in [-0.1, -0.05) is 12.1 Å². The van der Waals surface area contributed by atoms with Crippen molar-refractivity contribution in [2.45, 2.75) is 12.8 Å². The smallest absolute Gasteiger partial charge is 0.343 e. The number of hydrogen-bond donors (Lipinski definition) is 1. The van der Waals surface area contributed by atoms with Crippen LogP contribution in [0.1, 0.15) is 12.0 Å². The molecular weight excluding hydrogens is 250 g/mol. The topological polar surface area (TPSA) is 107 Å². The summed E-state index contributed by atoms with van der Waals surface area (Å²) in [6, 6.07) is 5.68. The molecule has 0 radical (unpaired) electrons. The molecule has 1 aromatic rings. The summed E-state index contributed by atoms with van der Waals surface area (Å²) in [4.78, 5) is 20.8. The van der Waals surface area contributed by atoms with Crippen LogP contribution in [-0.4, -0.2) is 19.7 Å². The summed E-state index contributed by atoms with van der Waals surface area (Å²) in [5, 5.41) is 10.4. The molecule has 0 aliphatic heterocycles. The number of benzene rings is 1. The van der Waals surface area contributed by atoms with Gasteiger partial charge in [0.25, 0.3) is 5.69 Å². The van der Waals surface area contributed by atoms with Gasteiger partial charge >= 0.3 is 17.3 Å². The molecule has 0 fully saturated rings. The van der Waals surface area contributed by atoms with Gasteiger partial charge in [0.2, 0.25) is 0 Å². The summed E-state index contributed by atoms with van der Waals surface area (Å²) in [6.07, 6.45) is 0.220. The first-order valence-corrected chi connectivity index (χ1v) is 5.57. The molecular formula is C9H9NO6S. The molecule has 0 aromatic heterocycles. The van der Waals surface area contributed by atoms with Crippen LogP contribution in [0, 0.1) is 10.1 Å². The molecule has 0 saturated heterocycles. The lowest BCUT2D eigenvalue weighted by Gasteiger charge is -2.00. The third-order valence-corrected chi connectivity index (χ3v) is 2.26. The van der Waals surface area contributed by atoms with Gasteiger partial charge in [0.1, 0.15) is 0 Å². The molecule has 1 unspecified atom stereocenters. The largest absolute Gasteiger partial charge is 0.360 e. The Balaban J connectivity index is 2.50. The van der Waals surface area contributed by atoms with Crippen molar-refractivity contribution in [3.63, 3.8) is 0 Å². The molecule has 0 saturated carbocycles. The van der Waals surface area contributed by atoms with Gasteiger partial charge in [0.05, 0.1) is 11.3 Å². The van der Waals surface area contributed by atoms with Crippen LogP contribution < -0.4 is 0 Å². The third-order valence-electron chi connectivity index (χ3n) is 1.93. The van der Waals surface area contributed by atoms with Crippen molar-refractivity contribution in [1.29, 1.82) is 0 Å². The van der Waals surface area contributed by atoms with Crippen molar-refractivity contribution in [2.24, 2.45) is 0 Å². The predicted octanol–water partition coefficient (Wildman–Crippen LogP) is 1.21. The lowest BCUT2D eigenvalue weighted by Crippen LogP contribution is -2.07. The van der Waals surface area contributed by atoms with E-state index in [2.05, 4.69) is 4.18 Å². The van der Waals surface area contributed by atoms with Gasteiger partial charge in [-0.15, -0.1) is 0 Å². The molecule has 1 aromatic carbocycles. The van der Waals surface area contributed by atoms with Gasteiger partial charge in [-0.2, -0.15) is 4.21 Å². The third kappa shape index (κ3) is 4.70. The second-order valence-electron chi connectivity index (χ2n) is 3.10. The van der Waals surface area contributed by atoms with Crippen molar-refractivity contribution in [2.75, 3.05) is 0 Å². The summed E-state index contributed by atoms with van der Waals surface area (Å²) in [5.41, 5.74) is 0.670. The summed E-state index contributed by atoms with van der Waals surface area (Å²) in [6.45, 7) is 0. The zero-order valence-electron chi connectivity index (χ0n) is 8.57. The fraction of sp³-hybridized carbons (Fsp3) is 0.222. The van der Waals surface area contributed by atoms with Crippen LogP contribution in [0.25, 0.3) is 0 Å². The zero-order valence-corrected chi connectivity index (χ0v) is 9.38. The van der Waals surface area contributed by atoms with Crippen LogP contribution in [0.2, 0.25) is 0 Å². The number of carbonyl (C=O) groups excluding carboxylic acids is 1. The molecule has 1 N–H and O–H groups in total. The van der Waals surface area contributed by atoms with E-state index in [-0.39, 0.29) is 18.5 Å². The monoisotopic (exact) mass is 259 g/mol. The van der Waals surface area contributed by atoms with Crippen molar-refractivity contribution in [1.82, 2.24) is 0 Å². The van der Waals surface area contributed by atoms with Gasteiger partial charge in [0.15, 0.2) is 0 Å². The predicted molar refractivity (Wildman–Crippen MR) is 58.3 cm³/mol. The second kappa shape index (κ2) is 6.06. The Hall–Kier alpha value is -1.80. The number of nitrogens with zero attached hydrogens (tertiary/aromatic N) is 1. The number of nitro benzene ring substituents is 1. The van der Waals surface area contributed by atoms with Gasteiger partial charge in [0, 0.05) is 12.1 Å². The first-order chi connectivity index (χ1) is 7.99. The van der Waals surface area contributed by atoms with Crippen molar-refractivity contribution in [3.8, 4) is 0 Å². The van der Waals surface area contributed by atoms with Crippen LogP contribution in [0.5, 0.6) is 0 Å². The maximum absolute atomic E-state index is 10.9. The van der Waals surface area contributed by atoms with E-state index in [4.69, 9.17) is 4.55 Å². The fourth-order valence-electron chi connectivity index (χ4n) is 1.15. The van der Waals surface area contributed by atoms with Crippen LogP contribution in [0.15, 0.2) is 24.3 Å². The Morgan fingerprint density at radius 2 is 2.00 bits per heavy atom. The van der Waals surface area contributed by atoms with Gasteiger partial charge in [-0.3, -0.25) is 19.5 Å². The average molecular weight is 259 g/mol. The molecule has 92 valence electrons. The molecule has 1 rings (SSSR count). The SMILES string of the molecule is O=C(CCc1ccc([N+](=O)[O-])cc1)OS(=O)O. The number of aryl methyl sites for hydroxylation is 1. The second-order valence-corrected chi connectivity index (χ2v) is 3.70. The van der Waals surface area contributed by atoms with Crippen LogP contribution >= 0.6 is 0 Å². The van der Waals surface area contributed by atoms with E-state index in [1.54, 1.807) is 0 Å². The van der Waals surface area contributed by atoms with Crippen LogP contribution in [0.4, 0.5) is 5.69 Å². The van der Waals surface area contributed by atoms with Gasteiger partial charge in [-0.05, 0) is 12.0 Å². The molecule has 0 heterocycles. The van der Waals surface area contributed by atoms with E-state index in [9.17, 15) is 19.1 Å². The van der Waals surface area contributed by atoms with Crippen molar-refractivity contribution in [3.05, 3.63) is 39.9 Å². The minimum Gasteiger partial charge on any atom is -0.343 e. The Morgan fingerprint density at radius 1 is 1.41 bits per heavy atom. The Morgan fingerprint density at radius 3 is 2.47 bits per heavy atom. The summed E-state index contributed by atoms with van der Waals surface area (Å²) in [7, 11) is 0. The lowest BCUT2D eigenvalue weighted by atomic mass is 10.1. The zero-order chi connectivity index (χ0) is 12.8. The fourth-order valence-corrected chi connectivity index (χ4v) is 1.39. The first kappa shape index (κ1) is 13.3. The highest BCUT2D eigenvalue weighted by atomic mass is 32.2. The average Bonchev–Trinajstić information content (AvgIpc) is 2.26. The van der Waals surface area contributed by atoms with E-state index in [1.807, 2.05) is 0 Å². The molecule has 0 aliphatic carbocycles. The van der Waals surface area contributed by atoms with Crippen LogP contribution in [0.3, 0.4) is 0 Å². The van der Waals surface area contributed by atoms with E-state index in [1.165, 1.54) is 24.3 Å². The Kier molecular flexibility index (Phi) is 4.73. The summed E-state index contributed by atoms with van der Waals surface area (Å²) in [5.74, 6) is -0.802. The minimum atomic E-state index is -2.60. The molecule has 0 amide bonds. The molecule has 1 atom stereocenters. The normalized spacial score (nSPS) is 11.8. The maximum Gasteiger partial charge on any atom is 0.360 e. The van der Waals surface area contributed by atoms with Crippen molar-refractivity contribution < 1.29 is 22.7 Å². The molecule has 0 bridgehead atoms. The first-order valence-electron chi connectivity index (χ1n) is 4.54. The molecule has 8 heteroatoms. The quantitative estimate of drug-likeness (QED) is 0.483.